The minimum absolute atomic E-state index is 0.157. The fourth-order valence-electron chi connectivity index (χ4n) is 3.31. The molecule has 3 aromatic rings. The molecule has 0 aliphatic rings. The maximum Gasteiger partial charge on any atom is 0.408 e. The second kappa shape index (κ2) is 11.1. The van der Waals surface area contributed by atoms with Crippen molar-refractivity contribution in [2.75, 3.05) is 17.2 Å². The Kier molecular flexibility index (Phi) is 8.03. The Morgan fingerprint density at radius 2 is 1.21 bits per heavy atom. The molecule has 0 saturated heterocycles. The average Bonchev–Trinajstić information content (AvgIpc) is 2.79. The van der Waals surface area contributed by atoms with Crippen molar-refractivity contribution in [2.45, 2.75) is 32.3 Å². The van der Waals surface area contributed by atoms with Crippen LogP contribution in [0.4, 0.5) is 16.2 Å². The Bertz CT molecular complexity index is 1070. The zero-order valence-electron chi connectivity index (χ0n) is 19.5. The van der Waals surface area contributed by atoms with Crippen LogP contribution in [0.2, 0.25) is 0 Å². The van der Waals surface area contributed by atoms with E-state index in [1.54, 1.807) is 45.0 Å². The summed E-state index contributed by atoms with van der Waals surface area (Å²) in [6.07, 6.45) is -0.660. The predicted octanol–water partition coefficient (Wildman–Crippen LogP) is 4.92. The zero-order valence-corrected chi connectivity index (χ0v) is 19.5. The topological polar surface area (TPSA) is 96.5 Å². The van der Waals surface area contributed by atoms with Gasteiger partial charge in [0.25, 0.3) is 0 Å². The van der Waals surface area contributed by atoms with Crippen molar-refractivity contribution in [1.82, 2.24) is 5.32 Å². The van der Waals surface area contributed by atoms with Crippen LogP contribution in [0.1, 0.15) is 37.8 Å². The largest absolute Gasteiger partial charge is 0.444 e. The number of nitrogens with one attached hydrogen (secondary N) is 3. The molecule has 0 aliphatic carbocycles. The van der Waals surface area contributed by atoms with Gasteiger partial charge in [-0.3, -0.25) is 9.59 Å². The van der Waals surface area contributed by atoms with Crippen LogP contribution < -0.4 is 16.0 Å². The van der Waals surface area contributed by atoms with Crippen molar-refractivity contribution in [3.63, 3.8) is 0 Å². The van der Waals surface area contributed by atoms with E-state index in [0.29, 0.717) is 11.4 Å². The standard InChI is InChI=1S/C27H29N3O4/c1-27(2,3)34-26(33)28-18-23(31)29-21-14-16-22(17-15-21)30-25(32)24(19-10-6-4-7-11-19)20-12-8-5-9-13-20/h4-17,24H,18H2,1-3H3,(H,28,33)(H,29,31)(H,30,32). The summed E-state index contributed by atoms with van der Waals surface area (Å²) >= 11 is 0. The highest BCUT2D eigenvalue weighted by Crippen LogP contribution is 2.26. The van der Waals surface area contributed by atoms with Gasteiger partial charge in [0.05, 0.1) is 5.92 Å². The first kappa shape index (κ1) is 24.5. The van der Waals surface area contributed by atoms with Gasteiger partial charge < -0.3 is 20.7 Å². The summed E-state index contributed by atoms with van der Waals surface area (Å²) in [7, 11) is 0. The summed E-state index contributed by atoms with van der Waals surface area (Å²) in [5, 5.41) is 8.06. The van der Waals surface area contributed by atoms with Gasteiger partial charge in [-0.05, 0) is 56.2 Å². The number of carbonyl (C=O) groups is 3. The molecule has 3 aromatic carbocycles. The molecular weight excluding hydrogens is 430 g/mol. The highest BCUT2D eigenvalue weighted by Gasteiger charge is 2.22. The van der Waals surface area contributed by atoms with Gasteiger partial charge in [0.1, 0.15) is 12.1 Å². The van der Waals surface area contributed by atoms with Crippen LogP contribution in [0.25, 0.3) is 0 Å². The van der Waals surface area contributed by atoms with E-state index in [9.17, 15) is 14.4 Å². The van der Waals surface area contributed by atoms with Crippen LogP contribution in [-0.2, 0) is 14.3 Å². The van der Waals surface area contributed by atoms with E-state index in [-0.39, 0.29) is 12.5 Å². The molecule has 0 saturated carbocycles. The average molecular weight is 460 g/mol. The quantitative estimate of drug-likeness (QED) is 0.467. The van der Waals surface area contributed by atoms with Gasteiger partial charge in [-0.15, -0.1) is 0 Å². The molecule has 0 unspecified atom stereocenters. The van der Waals surface area contributed by atoms with Crippen molar-refractivity contribution in [2.24, 2.45) is 0 Å². The normalized spacial score (nSPS) is 10.9. The molecule has 0 radical (unpaired) electrons. The maximum absolute atomic E-state index is 13.2. The fourth-order valence-corrected chi connectivity index (χ4v) is 3.31. The maximum atomic E-state index is 13.2. The number of benzene rings is 3. The molecular formula is C27H29N3O4. The van der Waals surface area contributed by atoms with Gasteiger partial charge in [-0.25, -0.2) is 4.79 Å². The van der Waals surface area contributed by atoms with E-state index in [1.165, 1.54) is 0 Å². The number of rotatable bonds is 7. The van der Waals surface area contributed by atoms with Crippen LogP contribution in [0.5, 0.6) is 0 Å². The second-order valence-corrected chi connectivity index (χ2v) is 8.72. The fraction of sp³-hybridized carbons (Fsp3) is 0.222. The van der Waals surface area contributed by atoms with Crippen LogP contribution in [0, 0.1) is 0 Å². The lowest BCUT2D eigenvalue weighted by Crippen LogP contribution is -2.37. The summed E-state index contributed by atoms with van der Waals surface area (Å²) in [5.41, 5.74) is 2.30. The second-order valence-electron chi connectivity index (χ2n) is 8.72. The Balaban J connectivity index is 1.60. The van der Waals surface area contributed by atoms with Gasteiger partial charge in [0, 0.05) is 11.4 Å². The number of anilines is 2. The number of hydrogen-bond acceptors (Lipinski definition) is 4. The third kappa shape index (κ3) is 7.48. The molecule has 0 fully saturated rings. The molecule has 3 rings (SSSR count). The highest BCUT2D eigenvalue weighted by atomic mass is 16.6. The smallest absolute Gasteiger partial charge is 0.408 e. The molecule has 7 heteroatoms. The van der Waals surface area contributed by atoms with Crippen molar-refractivity contribution < 1.29 is 19.1 Å². The van der Waals surface area contributed by atoms with Crippen LogP contribution in [-0.4, -0.2) is 30.1 Å². The number of alkyl carbamates (subject to hydrolysis) is 1. The number of hydrogen-bond donors (Lipinski definition) is 3. The number of amides is 3. The van der Waals surface area contributed by atoms with Crippen LogP contribution in [0.3, 0.4) is 0 Å². The lowest BCUT2D eigenvalue weighted by Gasteiger charge is -2.19. The van der Waals surface area contributed by atoms with Crippen LogP contribution >= 0.6 is 0 Å². The molecule has 0 aromatic heterocycles. The molecule has 7 nitrogen and oxygen atoms in total. The number of ether oxygens (including phenoxy) is 1. The SMILES string of the molecule is CC(C)(C)OC(=O)NCC(=O)Nc1ccc(NC(=O)C(c2ccccc2)c2ccccc2)cc1. The zero-order chi connectivity index (χ0) is 24.6. The first-order chi connectivity index (χ1) is 16.2. The monoisotopic (exact) mass is 459 g/mol. The molecule has 3 N–H and O–H groups in total. The van der Waals surface area contributed by atoms with Gasteiger partial charge in [-0.2, -0.15) is 0 Å². The molecule has 0 spiro atoms. The van der Waals surface area contributed by atoms with Gasteiger partial charge in [0.15, 0.2) is 0 Å². The number of carbonyl (C=O) groups excluding carboxylic acids is 3. The Hall–Kier alpha value is -4.13. The summed E-state index contributed by atoms with van der Waals surface area (Å²) in [4.78, 5) is 37.0. The Morgan fingerprint density at radius 1 is 0.735 bits per heavy atom. The Morgan fingerprint density at radius 3 is 1.68 bits per heavy atom. The highest BCUT2D eigenvalue weighted by molar-refractivity contribution is 5.98. The first-order valence-electron chi connectivity index (χ1n) is 11.0. The van der Waals surface area contributed by atoms with Crippen LogP contribution in [0.15, 0.2) is 84.9 Å². The van der Waals surface area contributed by atoms with Crippen molar-refractivity contribution in [1.29, 1.82) is 0 Å². The third-order valence-corrected chi connectivity index (χ3v) is 4.76. The third-order valence-electron chi connectivity index (χ3n) is 4.76. The lowest BCUT2D eigenvalue weighted by atomic mass is 9.90. The molecule has 0 atom stereocenters. The van der Waals surface area contributed by atoms with Crippen molar-refractivity contribution >= 4 is 29.3 Å². The molecule has 0 aliphatic heterocycles. The molecule has 34 heavy (non-hydrogen) atoms. The minimum atomic E-state index is -0.660. The van der Waals surface area contributed by atoms with Crippen molar-refractivity contribution in [3.05, 3.63) is 96.1 Å². The minimum Gasteiger partial charge on any atom is -0.444 e. The lowest BCUT2D eigenvalue weighted by molar-refractivity contribution is -0.117. The van der Waals surface area contributed by atoms with Gasteiger partial charge in [0.2, 0.25) is 11.8 Å². The van der Waals surface area contributed by atoms with Gasteiger partial charge >= 0.3 is 6.09 Å². The predicted molar refractivity (Wildman–Crippen MR) is 133 cm³/mol. The Labute approximate surface area is 199 Å². The van der Waals surface area contributed by atoms with E-state index in [0.717, 1.165) is 11.1 Å². The van der Waals surface area contributed by atoms with E-state index in [1.807, 2.05) is 60.7 Å². The van der Waals surface area contributed by atoms with E-state index < -0.39 is 23.5 Å². The summed E-state index contributed by atoms with van der Waals surface area (Å²) < 4.78 is 5.10. The summed E-state index contributed by atoms with van der Waals surface area (Å²) in [5.74, 6) is -1.01. The summed E-state index contributed by atoms with van der Waals surface area (Å²) in [6.45, 7) is 5.02. The molecule has 0 heterocycles. The van der Waals surface area contributed by atoms with E-state index in [4.69, 9.17) is 4.74 Å². The molecule has 176 valence electrons. The van der Waals surface area contributed by atoms with E-state index >= 15 is 0 Å². The van der Waals surface area contributed by atoms with E-state index in [2.05, 4.69) is 16.0 Å². The molecule has 3 amide bonds. The first-order valence-corrected chi connectivity index (χ1v) is 11.0. The van der Waals surface area contributed by atoms with Gasteiger partial charge in [-0.1, -0.05) is 60.7 Å². The van der Waals surface area contributed by atoms with Crippen molar-refractivity contribution in [3.8, 4) is 0 Å². The summed E-state index contributed by atoms with van der Waals surface area (Å²) in [6, 6.07) is 26.0. The molecule has 0 bridgehead atoms.